The van der Waals surface area contributed by atoms with Gasteiger partial charge in [-0.1, -0.05) is 25.6 Å². The zero-order chi connectivity index (χ0) is 42.1. The van der Waals surface area contributed by atoms with Crippen LogP contribution >= 0.6 is 47.0 Å². The number of aliphatic hydroxyl groups excluding tert-OH is 2. The van der Waals surface area contributed by atoms with Crippen molar-refractivity contribution in [3.05, 3.63) is 12.7 Å². The summed E-state index contributed by atoms with van der Waals surface area (Å²) in [6.07, 6.45) is -7.07. The minimum Gasteiger partial charge on any atom is -0.481 e. The van der Waals surface area contributed by atoms with Crippen molar-refractivity contribution in [1.29, 1.82) is 0 Å². The molecule has 2 amide bonds. The van der Waals surface area contributed by atoms with Crippen LogP contribution in [0.15, 0.2) is 12.7 Å². The Morgan fingerprint density at radius 2 is 1.71 bits per heavy atom. The number of nitrogen functional groups attached to an aromatic ring is 1. The lowest BCUT2D eigenvalue weighted by Gasteiger charge is -2.30. The Labute approximate surface area is 325 Å². The van der Waals surface area contributed by atoms with E-state index in [1.54, 1.807) is 0 Å². The zero-order valence-corrected chi connectivity index (χ0v) is 33.6. The van der Waals surface area contributed by atoms with Crippen LogP contribution in [-0.2, 0) is 55.5 Å². The molecule has 2 aromatic rings. The quantitative estimate of drug-likeness (QED) is 0.0447. The predicted octanol–water partition coefficient (Wildman–Crippen LogP) is -1.52. The Kier molecular flexibility index (Phi) is 17.4. The molecule has 3 unspecified atom stereocenters. The summed E-state index contributed by atoms with van der Waals surface area (Å²) in [7, 11) is -16.4. The molecule has 2 aromatic heterocycles. The van der Waals surface area contributed by atoms with Crippen LogP contribution in [0.5, 0.6) is 0 Å². The summed E-state index contributed by atoms with van der Waals surface area (Å²) in [4.78, 5) is 97.5. The Hall–Kier alpha value is -2.62. The number of phosphoric ester groups is 3. The molecule has 1 aliphatic heterocycles. The summed E-state index contributed by atoms with van der Waals surface area (Å²) < 4.78 is 61.9. The highest BCUT2D eigenvalue weighted by Gasteiger charge is 2.50. The number of anilines is 1. The Morgan fingerprint density at radius 1 is 1.04 bits per heavy atom. The maximum Gasteiger partial charge on any atom is 0.481 e. The second kappa shape index (κ2) is 20.4. The van der Waals surface area contributed by atoms with Crippen molar-refractivity contribution in [2.75, 3.05) is 49.3 Å². The van der Waals surface area contributed by atoms with Crippen LogP contribution in [0.4, 0.5) is 5.82 Å². The number of phosphoric acid groups is 3. The van der Waals surface area contributed by atoms with E-state index in [0.717, 1.165) is 40.7 Å². The number of nitrogens with one attached hydrogen (secondary N) is 2. The number of carboxylic acids is 1. The van der Waals surface area contributed by atoms with E-state index in [4.69, 9.17) is 24.6 Å². The number of thioether (sulfide) groups is 2. The minimum absolute atomic E-state index is 0.00715. The number of carbonyl (C=O) groups is 4. The normalized spacial score (nSPS) is 21.6. The first-order chi connectivity index (χ1) is 25.9. The average molecular weight is 900 g/mol. The molecule has 1 fully saturated rings. The summed E-state index contributed by atoms with van der Waals surface area (Å²) in [5.41, 5.74) is 4.20. The second-order valence-corrected chi connectivity index (χ2v) is 18.5. The molecular weight excluding hydrogens is 859 g/mol. The maximum absolute atomic E-state index is 12.7. The van der Waals surface area contributed by atoms with Crippen molar-refractivity contribution >= 4 is 86.9 Å². The van der Waals surface area contributed by atoms with Gasteiger partial charge in [-0.15, -0.1) is 11.8 Å². The van der Waals surface area contributed by atoms with Gasteiger partial charge in [-0.2, -0.15) is 4.31 Å². The molecule has 7 atom stereocenters. The topological polar surface area (TPSA) is 401 Å². The summed E-state index contributed by atoms with van der Waals surface area (Å²) in [5, 5.41) is 34.5. The Morgan fingerprint density at radius 3 is 2.38 bits per heavy atom. The number of hydrogen-bond donors (Lipinski definition) is 10. The molecule has 316 valence electrons. The van der Waals surface area contributed by atoms with E-state index in [-0.39, 0.29) is 58.9 Å². The molecule has 1 aliphatic rings. The minimum atomic E-state index is -5.59. The van der Waals surface area contributed by atoms with Crippen molar-refractivity contribution in [2.45, 2.75) is 50.9 Å². The number of nitrogens with two attached hydrogens (primary N) is 1. The number of ether oxygens (including phenoxy) is 1. The van der Waals surface area contributed by atoms with Gasteiger partial charge in [-0.05, 0) is 0 Å². The second-order valence-electron chi connectivity index (χ2n) is 12.2. The number of amides is 2. The third-order valence-corrected chi connectivity index (χ3v) is 12.3. The first-order valence-corrected chi connectivity index (χ1v) is 22.4. The smallest absolute Gasteiger partial charge is 0.481 e. The van der Waals surface area contributed by atoms with E-state index in [1.807, 2.05) is 0 Å². The fourth-order valence-electron chi connectivity index (χ4n) is 4.56. The van der Waals surface area contributed by atoms with Crippen LogP contribution in [0.25, 0.3) is 11.2 Å². The fourth-order valence-corrected chi connectivity index (χ4v) is 8.85. The van der Waals surface area contributed by atoms with E-state index in [2.05, 4.69) is 34.4 Å². The molecule has 26 nitrogen and oxygen atoms in total. The monoisotopic (exact) mass is 899 g/mol. The lowest BCUT2D eigenvalue weighted by molar-refractivity contribution is -0.137. The SMILES string of the molecule is CC(C)(COP(=O)(O)OP(=O)(O)OC[C@H]1O[C@@H](n2cnc3c(N)ncnc32)[C@H](O)[C@@H]1OP(=O)(O)O)C(O)C(=O)NCCC(=O)NCCSC(=O)CSCC(=O)O. The lowest BCUT2D eigenvalue weighted by atomic mass is 9.87. The van der Waals surface area contributed by atoms with Crippen LogP contribution in [0.2, 0.25) is 0 Å². The average Bonchev–Trinajstić information content (AvgIpc) is 3.64. The third kappa shape index (κ3) is 15.0. The summed E-state index contributed by atoms with van der Waals surface area (Å²) in [6, 6.07) is 0. The molecule has 3 rings (SSSR count). The van der Waals surface area contributed by atoms with Crippen molar-refractivity contribution in [1.82, 2.24) is 30.2 Å². The van der Waals surface area contributed by atoms with Crippen molar-refractivity contribution in [3.8, 4) is 0 Å². The van der Waals surface area contributed by atoms with E-state index in [9.17, 15) is 62.7 Å². The van der Waals surface area contributed by atoms with Gasteiger partial charge in [0.2, 0.25) is 11.8 Å². The molecule has 1 saturated heterocycles. The molecule has 56 heavy (non-hydrogen) atoms. The van der Waals surface area contributed by atoms with Crippen molar-refractivity contribution in [2.24, 2.45) is 5.41 Å². The molecule has 0 spiro atoms. The number of imidazole rings is 1. The summed E-state index contributed by atoms with van der Waals surface area (Å²) in [6.45, 7) is 0.255. The van der Waals surface area contributed by atoms with Gasteiger partial charge in [-0.25, -0.2) is 28.6 Å². The number of aromatic nitrogens is 4. The molecule has 0 aromatic carbocycles. The van der Waals surface area contributed by atoms with Gasteiger partial charge in [0, 0.05) is 30.7 Å². The van der Waals surface area contributed by atoms with Gasteiger partial charge >= 0.3 is 29.4 Å². The predicted molar refractivity (Wildman–Crippen MR) is 192 cm³/mol. The van der Waals surface area contributed by atoms with Crippen LogP contribution < -0.4 is 16.4 Å². The summed E-state index contributed by atoms with van der Waals surface area (Å²) >= 11 is 1.85. The summed E-state index contributed by atoms with van der Waals surface area (Å²) in [5.74, 6) is -2.62. The molecule has 3 heterocycles. The maximum atomic E-state index is 12.7. The van der Waals surface area contributed by atoms with Crippen LogP contribution in [0.1, 0.15) is 26.5 Å². The van der Waals surface area contributed by atoms with Gasteiger partial charge in [0.05, 0.1) is 31.0 Å². The lowest BCUT2D eigenvalue weighted by Crippen LogP contribution is -2.46. The largest absolute Gasteiger partial charge is 0.481 e. The highest BCUT2D eigenvalue weighted by Crippen LogP contribution is 2.61. The molecule has 0 bridgehead atoms. The Bertz CT molecular complexity index is 1870. The number of nitrogens with zero attached hydrogens (tertiary/aromatic N) is 4. The van der Waals surface area contributed by atoms with Crippen molar-refractivity contribution < 1.29 is 90.4 Å². The third-order valence-electron chi connectivity index (χ3n) is 7.21. The van der Waals surface area contributed by atoms with Gasteiger partial charge in [0.15, 0.2) is 22.8 Å². The molecular formula is C25H40N7O19P3S2. The van der Waals surface area contributed by atoms with Gasteiger partial charge < -0.3 is 56.0 Å². The van der Waals surface area contributed by atoms with E-state index >= 15 is 0 Å². The van der Waals surface area contributed by atoms with Gasteiger partial charge in [-0.3, -0.25) is 37.3 Å². The number of aliphatic carboxylic acids is 1. The van der Waals surface area contributed by atoms with Crippen molar-refractivity contribution in [3.63, 3.8) is 0 Å². The highest BCUT2D eigenvalue weighted by atomic mass is 32.2. The number of rotatable bonds is 23. The zero-order valence-electron chi connectivity index (χ0n) is 29.3. The van der Waals surface area contributed by atoms with Gasteiger partial charge in [0.1, 0.15) is 36.3 Å². The first kappa shape index (κ1) is 47.8. The number of aliphatic hydroxyl groups is 2. The van der Waals surface area contributed by atoms with E-state index in [0.29, 0.717) is 0 Å². The molecule has 0 aliphatic carbocycles. The fraction of sp³-hybridized carbons (Fsp3) is 0.640. The van der Waals surface area contributed by atoms with E-state index in [1.165, 1.54) is 13.8 Å². The van der Waals surface area contributed by atoms with E-state index < -0.39 is 90.5 Å². The number of carbonyl (C=O) groups excluding carboxylic acids is 3. The van der Waals surface area contributed by atoms with Crippen LogP contribution in [0.3, 0.4) is 0 Å². The number of carboxylic acid groups (broad SMARTS) is 1. The molecule has 0 radical (unpaired) electrons. The molecule has 0 saturated carbocycles. The number of fused-ring (bicyclic) bond motifs is 1. The van der Waals surface area contributed by atoms with Crippen LogP contribution in [0, 0.1) is 5.41 Å². The first-order valence-electron chi connectivity index (χ1n) is 15.8. The van der Waals surface area contributed by atoms with Crippen LogP contribution in [-0.4, -0.2) is 145 Å². The number of hydrogen-bond acceptors (Lipinski definition) is 20. The Balaban J connectivity index is 1.47. The van der Waals surface area contributed by atoms with Gasteiger partial charge in [0.25, 0.3) is 0 Å². The molecule has 31 heteroatoms. The highest BCUT2D eigenvalue weighted by molar-refractivity contribution is 8.15. The molecule has 11 N–H and O–H groups in total. The standard InChI is InChI=1S/C25H40N7O19P3S2/c1-25(2,20(38)23(39)28-4-3-14(33)27-5-6-56-16(36)9-55-8-15(34)35)10-48-54(45,46)51-53(43,44)47-7-13-19(50-52(40,41)42)18(37)24(49-13)32-12-31-17-21(26)29-11-30-22(17)32/h11-13,18-20,24,37-38H,3-10H2,1-2H3,(H,27,33)(H,28,39)(H,34,35)(H,43,44)(H,45,46)(H2,26,29,30)(H2,40,41,42)/t13-,18-,19-,20?,24-/m1/s1.